The molecule has 0 aliphatic heterocycles. The van der Waals surface area contributed by atoms with E-state index in [0.717, 1.165) is 21.2 Å². The Morgan fingerprint density at radius 2 is 1.60 bits per heavy atom. The number of nitrogens with zero attached hydrogens (tertiary/aromatic N) is 1. The molecular formula is C35H35FN3O6. The molecule has 0 aliphatic rings. The Morgan fingerprint density at radius 1 is 0.956 bits per heavy atom. The number of hydrogen-bond acceptors (Lipinski definition) is 7. The quantitative estimate of drug-likeness (QED) is 0.160. The number of aryl methyl sites for hydroxylation is 1. The predicted molar refractivity (Wildman–Crippen MR) is 167 cm³/mol. The Morgan fingerprint density at radius 3 is 2.27 bits per heavy atom. The maximum Gasteiger partial charge on any atom is 0.237 e. The summed E-state index contributed by atoms with van der Waals surface area (Å²) in [5, 5.41) is 24.3. The number of aliphatic hydroxyl groups excluding tert-OH is 1. The van der Waals surface area contributed by atoms with Crippen LogP contribution in [0.5, 0.6) is 5.75 Å². The normalized spacial score (nSPS) is 13.8. The summed E-state index contributed by atoms with van der Waals surface area (Å²) < 4.78 is 13.3. The summed E-state index contributed by atoms with van der Waals surface area (Å²) in [4.78, 5) is 54.4. The molecule has 0 aromatic heterocycles. The van der Waals surface area contributed by atoms with Crippen LogP contribution in [0, 0.1) is 5.82 Å². The Labute approximate surface area is 260 Å². The molecule has 0 saturated carbocycles. The summed E-state index contributed by atoms with van der Waals surface area (Å²) in [6.45, 7) is -0.873. The van der Waals surface area contributed by atoms with Crippen LogP contribution >= 0.6 is 0 Å². The molecule has 1 radical (unpaired) electrons. The van der Waals surface area contributed by atoms with Crippen molar-refractivity contribution in [2.45, 2.75) is 43.3 Å². The van der Waals surface area contributed by atoms with Crippen molar-refractivity contribution in [3.05, 3.63) is 114 Å². The van der Waals surface area contributed by atoms with Crippen molar-refractivity contribution < 1.29 is 33.8 Å². The highest BCUT2D eigenvalue weighted by atomic mass is 19.1. The number of hydrogen-bond donors (Lipinski definition) is 4. The number of carbonyl (C=O) groups excluding carboxylic acids is 4. The average Bonchev–Trinajstić information content (AvgIpc) is 3.06. The number of nitrogens with one attached hydrogen (secondary N) is 1. The number of Topliss-reactive ketones (excluding diaryl/α,β-unsaturated/α-hetero) is 1. The molecule has 10 heteroatoms. The number of amides is 2. The third-order valence-electron chi connectivity index (χ3n) is 7.93. The second-order valence-corrected chi connectivity index (χ2v) is 10.9. The molecule has 0 spiro atoms. The number of ketones is 1. The number of fused-ring (bicyclic) bond motifs is 1. The van der Waals surface area contributed by atoms with Gasteiger partial charge in [0, 0.05) is 19.9 Å². The van der Waals surface area contributed by atoms with Crippen LogP contribution in [-0.2, 0) is 38.4 Å². The summed E-state index contributed by atoms with van der Waals surface area (Å²) in [5.74, 6) is -2.76. The summed E-state index contributed by atoms with van der Waals surface area (Å²) in [7, 11) is 1.28. The van der Waals surface area contributed by atoms with Crippen molar-refractivity contribution in [1.29, 1.82) is 0 Å². The topological polar surface area (TPSA) is 150 Å². The first kappa shape index (κ1) is 33.0. The lowest BCUT2D eigenvalue weighted by Crippen LogP contribution is -2.65. The van der Waals surface area contributed by atoms with E-state index in [-0.39, 0.29) is 31.4 Å². The van der Waals surface area contributed by atoms with Gasteiger partial charge >= 0.3 is 0 Å². The maximum atomic E-state index is 14.1. The molecule has 0 heterocycles. The van der Waals surface area contributed by atoms with Crippen molar-refractivity contribution in [2.24, 2.45) is 5.73 Å². The molecule has 0 saturated heterocycles. The van der Waals surface area contributed by atoms with Crippen LogP contribution in [0.4, 0.5) is 4.39 Å². The van der Waals surface area contributed by atoms with Crippen LogP contribution in [0.1, 0.15) is 23.1 Å². The third kappa shape index (κ3) is 7.78. The van der Waals surface area contributed by atoms with E-state index in [1.165, 1.54) is 55.6 Å². The fourth-order valence-corrected chi connectivity index (χ4v) is 5.28. The molecule has 233 valence electrons. The average molecular weight is 613 g/mol. The zero-order valence-corrected chi connectivity index (χ0v) is 24.8. The second-order valence-electron chi connectivity index (χ2n) is 10.9. The minimum Gasteiger partial charge on any atom is -0.508 e. The molecule has 2 amide bonds. The van der Waals surface area contributed by atoms with Crippen LogP contribution in [-0.4, -0.2) is 70.3 Å². The fourth-order valence-electron chi connectivity index (χ4n) is 5.28. The first-order chi connectivity index (χ1) is 21.6. The summed E-state index contributed by atoms with van der Waals surface area (Å²) >= 11 is 0. The number of rotatable bonds is 14. The number of phenolic OH excluding ortho intramolecular Hbond substituents is 1. The van der Waals surface area contributed by atoms with Crippen LogP contribution < -0.4 is 11.1 Å². The van der Waals surface area contributed by atoms with Gasteiger partial charge in [0.2, 0.25) is 18.1 Å². The molecule has 3 atom stereocenters. The fraction of sp³-hybridized carbons (Fsp3) is 0.257. The predicted octanol–water partition coefficient (Wildman–Crippen LogP) is 2.78. The SMILES string of the molecule is CN(C(=O)CCc1ccc(F)cc1)[C@]([C]=O)(Cc1ccc(O)cc1)C(=O)[C@H](CO)NC(=O)[C@@H](N)Cc1cccc2ccccc12. The lowest BCUT2D eigenvalue weighted by atomic mass is 9.82. The van der Waals surface area contributed by atoms with Gasteiger partial charge in [-0.15, -0.1) is 0 Å². The molecule has 4 rings (SSSR count). The molecule has 45 heavy (non-hydrogen) atoms. The Balaban J connectivity index is 1.57. The standard InChI is InChI=1S/C35H35FN3O6/c1-39(32(43)18-13-23-9-14-27(36)15-10-23)35(22-41,20-24-11-16-28(42)17-12-24)33(44)31(21-40)38-34(45)30(37)19-26-7-4-6-25-5-2-3-8-29(25)26/h2-12,14-17,30-31,40,42H,13,18-21,37H2,1H3,(H,38,45)/t30-,31-,35-/m0/s1. The van der Waals surface area contributed by atoms with E-state index in [2.05, 4.69) is 5.32 Å². The van der Waals surface area contributed by atoms with Crippen molar-refractivity contribution in [3.8, 4) is 5.75 Å². The minimum absolute atomic E-state index is 0.0461. The second kappa shape index (κ2) is 14.7. The van der Waals surface area contributed by atoms with Crippen LogP contribution in [0.25, 0.3) is 10.8 Å². The molecule has 9 nitrogen and oxygen atoms in total. The number of halogens is 1. The van der Waals surface area contributed by atoms with Crippen LogP contribution in [0.3, 0.4) is 0 Å². The van der Waals surface area contributed by atoms with E-state index in [1.807, 2.05) is 42.5 Å². The lowest BCUT2D eigenvalue weighted by molar-refractivity contribution is -0.143. The van der Waals surface area contributed by atoms with Gasteiger partial charge in [-0.2, -0.15) is 0 Å². The highest BCUT2D eigenvalue weighted by Gasteiger charge is 2.48. The highest BCUT2D eigenvalue weighted by Crippen LogP contribution is 2.25. The number of carbonyl (C=O) groups is 3. The minimum atomic E-state index is -2.25. The van der Waals surface area contributed by atoms with Crippen LogP contribution in [0.2, 0.25) is 0 Å². The zero-order valence-electron chi connectivity index (χ0n) is 24.8. The molecule has 0 aliphatic carbocycles. The first-order valence-corrected chi connectivity index (χ1v) is 14.4. The molecule has 0 fully saturated rings. The van der Waals surface area contributed by atoms with Gasteiger partial charge in [0.05, 0.1) is 12.6 Å². The van der Waals surface area contributed by atoms with Crippen molar-refractivity contribution in [2.75, 3.05) is 13.7 Å². The largest absolute Gasteiger partial charge is 0.508 e. The van der Waals surface area contributed by atoms with Gasteiger partial charge in [0.15, 0.2) is 11.3 Å². The molecular weight excluding hydrogens is 577 g/mol. The summed E-state index contributed by atoms with van der Waals surface area (Å²) in [6, 6.07) is 21.8. The monoisotopic (exact) mass is 612 g/mol. The number of nitrogens with two attached hydrogens (primary N) is 1. The van der Waals surface area contributed by atoms with Crippen LogP contribution in [0.15, 0.2) is 91.0 Å². The Hall–Kier alpha value is -4.93. The number of likely N-dealkylation sites (N-methyl/N-ethyl adjacent to an activating group) is 1. The zero-order chi connectivity index (χ0) is 32.6. The van der Waals surface area contributed by atoms with E-state index >= 15 is 0 Å². The number of benzene rings is 4. The molecule has 4 aromatic carbocycles. The van der Waals surface area contributed by atoms with Gasteiger partial charge in [0.1, 0.15) is 17.6 Å². The van der Waals surface area contributed by atoms with Crippen molar-refractivity contribution >= 4 is 34.7 Å². The summed E-state index contributed by atoms with van der Waals surface area (Å²) in [6.07, 6.45) is 1.61. The number of phenols is 1. The highest BCUT2D eigenvalue weighted by molar-refractivity contribution is 6.10. The maximum absolute atomic E-state index is 14.1. The van der Waals surface area contributed by atoms with Crippen molar-refractivity contribution in [3.63, 3.8) is 0 Å². The van der Waals surface area contributed by atoms with E-state index in [0.29, 0.717) is 11.1 Å². The summed E-state index contributed by atoms with van der Waals surface area (Å²) in [5.41, 5.74) is 5.89. The smallest absolute Gasteiger partial charge is 0.237 e. The van der Waals surface area contributed by atoms with E-state index in [9.17, 15) is 33.8 Å². The Bertz CT molecular complexity index is 1660. The number of aliphatic hydroxyl groups is 1. The molecule has 5 N–H and O–H groups in total. The number of aromatic hydroxyl groups is 1. The van der Waals surface area contributed by atoms with Gasteiger partial charge in [-0.05, 0) is 64.6 Å². The van der Waals surface area contributed by atoms with E-state index in [1.54, 1.807) is 6.29 Å². The van der Waals surface area contributed by atoms with E-state index in [4.69, 9.17) is 5.73 Å². The van der Waals surface area contributed by atoms with Gasteiger partial charge in [0.25, 0.3) is 0 Å². The molecule has 0 unspecified atom stereocenters. The van der Waals surface area contributed by atoms with Gasteiger partial charge in [-0.3, -0.25) is 19.2 Å². The van der Waals surface area contributed by atoms with Gasteiger partial charge in [-0.1, -0.05) is 66.7 Å². The molecule has 4 aromatic rings. The van der Waals surface area contributed by atoms with Gasteiger partial charge in [-0.25, -0.2) is 4.39 Å². The van der Waals surface area contributed by atoms with E-state index < -0.39 is 47.6 Å². The Kier molecular flexibility index (Phi) is 10.8. The molecule has 0 bridgehead atoms. The van der Waals surface area contributed by atoms with Gasteiger partial charge < -0.3 is 26.2 Å². The third-order valence-corrected chi connectivity index (χ3v) is 7.93. The van der Waals surface area contributed by atoms with Crippen molar-refractivity contribution in [1.82, 2.24) is 10.2 Å². The lowest BCUT2D eigenvalue weighted by Gasteiger charge is -2.38. The first-order valence-electron chi connectivity index (χ1n) is 14.4.